The van der Waals surface area contributed by atoms with Gasteiger partial charge < -0.3 is 14.5 Å². The van der Waals surface area contributed by atoms with Crippen LogP contribution in [-0.2, 0) is 0 Å². The Balaban J connectivity index is 1.68. The average molecular weight is 515 g/mol. The first-order valence-corrected chi connectivity index (χ1v) is 10.9. The first kappa shape index (κ1) is 21.1. The lowest BCUT2D eigenvalue weighted by atomic mass is 10.1. The van der Waals surface area contributed by atoms with Gasteiger partial charge in [0.2, 0.25) is 0 Å². The van der Waals surface area contributed by atoms with Crippen molar-refractivity contribution < 1.29 is 9.15 Å². The lowest BCUT2D eigenvalue weighted by Crippen LogP contribution is -2.03. The fourth-order valence-corrected chi connectivity index (χ4v) is 4.22. The van der Waals surface area contributed by atoms with Gasteiger partial charge in [-0.25, -0.2) is 9.78 Å². The molecule has 9 heteroatoms. The van der Waals surface area contributed by atoms with E-state index in [1.54, 1.807) is 48.9 Å². The molecule has 0 radical (unpaired) electrons. The standard InChI is InChI=1S/C22H13BrClN3O3S/c1-29-20-5-3-15(24)8-17(20)26-10-13(9-25)21-27-18(11-31-21)16-7-12-6-14(23)2-4-19(12)30-22(16)28/h2-8,10-11,26H,1H3. The highest BCUT2D eigenvalue weighted by Crippen LogP contribution is 2.30. The van der Waals surface area contributed by atoms with Crippen LogP contribution in [0.3, 0.4) is 0 Å². The molecule has 0 spiro atoms. The molecule has 0 saturated carbocycles. The number of halogens is 2. The summed E-state index contributed by atoms with van der Waals surface area (Å²) in [5, 5.41) is 16.1. The van der Waals surface area contributed by atoms with Crippen LogP contribution in [0.25, 0.3) is 27.8 Å². The normalized spacial score (nSPS) is 11.4. The lowest BCUT2D eigenvalue weighted by molar-refractivity contribution is 0.417. The minimum atomic E-state index is -0.490. The van der Waals surface area contributed by atoms with Crippen molar-refractivity contribution in [3.63, 3.8) is 0 Å². The van der Waals surface area contributed by atoms with Crippen LogP contribution in [0, 0.1) is 11.3 Å². The van der Waals surface area contributed by atoms with E-state index >= 15 is 0 Å². The van der Waals surface area contributed by atoms with Gasteiger partial charge >= 0.3 is 5.63 Å². The third-order valence-electron chi connectivity index (χ3n) is 4.36. The van der Waals surface area contributed by atoms with Crippen molar-refractivity contribution in [2.45, 2.75) is 0 Å². The molecule has 0 unspecified atom stereocenters. The zero-order chi connectivity index (χ0) is 22.0. The van der Waals surface area contributed by atoms with Gasteiger partial charge in [-0.3, -0.25) is 0 Å². The van der Waals surface area contributed by atoms with Crippen molar-refractivity contribution in [3.8, 4) is 23.1 Å². The third kappa shape index (κ3) is 4.49. The van der Waals surface area contributed by atoms with Crippen LogP contribution in [0.5, 0.6) is 5.75 Å². The van der Waals surface area contributed by atoms with Crippen LogP contribution in [0.1, 0.15) is 5.01 Å². The number of nitriles is 1. The van der Waals surface area contributed by atoms with Crippen LogP contribution >= 0.6 is 38.9 Å². The predicted octanol–water partition coefficient (Wildman–Crippen LogP) is 6.32. The van der Waals surface area contributed by atoms with E-state index in [0.29, 0.717) is 43.9 Å². The first-order chi connectivity index (χ1) is 15.0. The smallest absolute Gasteiger partial charge is 0.345 e. The van der Waals surface area contributed by atoms with Crippen molar-refractivity contribution in [2.75, 3.05) is 12.4 Å². The minimum Gasteiger partial charge on any atom is -0.495 e. The summed E-state index contributed by atoms with van der Waals surface area (Å²) in [6.07, 6.45) is 1.52. The van der Waals surface area contributed by atoms with Crippen LogP contribution < -0.4 is 15.7 Å². The molecule has 154 valence electrons. The van der Waals surface area contributed by atoms with E-state index in [1.807, 2.05) is 6.07 Å². The second-order valence-corrected chi connectivity index (χ2v) is 8.54. The summed E-state index contributed by atoms with van der Waals surface area (Å²) in [5.74, 6) is 0.581. The summed E-state index contributed by atoms with van der Waals surface area (Å²) in [4.78, 5) is 16.9. The van der Waals surface area contributed by atoms with Gasteiger partial charge in [-0.15, -0.1) is 11.3 Å². The molecule has 4 aromatic rings. The Morgan fingerprint density at radius 3 is 2.94 bits per heavy atom. The van der Waals surface area contributed by atoms with Gasteiger partial charge in [-0.1, -0.05) is 27.5 Å². The SMILES string of the molecule is COc1ccc(Cl)cc1NC=C(C#N)c1nc(-c2cc3cc(Br)ccc3oc2=O)cs1. The molecule has 0 bridgehead atoms. The zero-order valence-corrected chi connectivity index (χ0v) is 19.1. The molecule has 2 aromatic carbocycles. The minimum absolute atomic E-state index is 0.297. The summed E-state index contributed by atoms with van der Waals surface area (Å²) in [6, 6.07) is 14.4. The predicted molar refractivity (Wildman–Crippen MR) is 127 cm³/mol. The number of fused-ring (bicyclic) bond motifs is 1. The molecule has 2 aromatic heterocycles. The number of allylic oxidation sites excluding steroid dienone is 1. The topological polar surface area (TPSA) is 88.2 Å². The van der Waals surface area contributed by atoms with Gasteiger partial charge in [-0.2, -0.15) is 5.26 Å². The molecule has 0 saturated heterocycles. The summed E-state index contributed by atoms with van der Waals surface area (Å²) in [7, 11) is 1.55. The van der Waals surface area contributed by atoms with Crippen molar-refractivity contribution in [1.82, 2.24) is 4.98 Å². The molecule has 6 nitrogen and oxygen atoms in total. The Morgan fingerprint density at radius 1 is 1.32 bits per heavy atom. The van der Waals surface area contributed by atoms with Gasteiger partial charge in [0.1, 0.15) is 28.0 Å². The molecule has 0 amide bonds. The maximum atomic E-state index is 12.4. The highest BCUT2D eigenvalue weighted by Gasteiger charge is 2.14. The summed E-state index contributed by atoms with van der Waals surface area (Å²) >= 11 is 10.7. The quantitative estimate of drug-likeness (QED) is 0.248. The van der Waals surface area contributed by atoms with Crippen molar-refractivity contribution in [2.24, 2.45) is 0 Å². The highest BCUT2D eigenvalue weighted by molar-refractivity contribution is 9.10. The van der Waals surface area contributed by atoms with Crippen LogP contribution in [0.4, 0.5) is 5.69 Å². The number of hydrogen-bond acceptors (Lipinski definition) is 7. The van der Waals surface area contributed by atoms with Crippen LogP contribution in [0.2, 0.25) is 5.02 Å². The summed E-state index contributed by atoms with van der Waals surface area (Å²) < 4.78 is 11.6. The number of ether oxygens (including phenoxy) is 1. The maximum absolute atomic E-state index is 12.4. The number of nitrogens with zero attached hydrogens (tertiary/aromatic N) is 2. The Kier molecular flexibility index (Phi) is 6.09. The Morgan fingerprint density at radius 2 is 2.16 bits per heavy atom. The van der Waals surface area contributed by atoms with E-state index in [4.69, 9.17) is 20.8 Å². The molecule has 1 N–H and O–H groups in total. The highest BCUT2D eigenvalue weighted by atomic mass is 79.9. The molecule has 0 atom stereocenters. The van der Waals surface area contributed by atoms with E-state index in [9.17, 15) is 10.1 Å². The number of rotatable bonds is 5. The van der Waals surface area contributed by atoms with E-state index in [0.717, 1.165) is 9.86 Å². The number of aromatic nitrogens is 1. The zero-order valence-electron chi connectivity index (χ0n) is 16.0. The Hall–Kier alpha value is -3.12. The molecule has 0 aliphatic rings. The van der Waals surface area contributed by atoms with Gasteiger partial charge in [0.25, 0.3) is 0 Å². The molecule has 4 rings (SSSR count). The van der Waals surface area contributed by atoms with E-state index in [1.165, 1.54) is 17.5 Å². The molecular weight excluding hydrogens is 502 g/mol. The molecule has 0 aliphatic carbocycles. The third-order valence-corrected chi connectivity index (χ3v) is 5.96. The summed E-state index contributed by atoms with van der Waals surface area (Å²) in [6.45, 7) is 0. The molecule has 2 heterocycles. The fraction of sp³-hybridized carbons (Fsp3) is 0.0455. The second kappa shape index (κ2) is 8.94. The van der Waals surface area contributed by atoms with Crippen LogP contribution in [0.15, 0.2) is 67.7 Å². The number of anilines is 1. The maximum Gasteiger partial charge on any atom is 0.345 e. The number of benzene rings is 2. The van der Waals surface area contributed by atoms with Gasteiger partial charge in [0.05, 0.1) is 24.1 Å². The van der Waals surface area contributed by atoms with Crippen molar-refractivity contribution in [3.05, 3.63) is 79.0 Å². The van der Waals surface area contributed by atoms with E-state index in [2.05, 4.69) is 32.3 Å². The van der Waals surface area contributed by atoms with Gasteiger partial charge in [-0.05, 0) is 42.5 Å². The lowest BCUT2D eigenvalue weighted by Gasteiger charge is -2.08. The Labute approximate surface area is 194 Å². The monoisotopic (exact) mass is 513 g/mol. The van der Waals surface area contributed by atoms with Crippen molar-refractivity contribution >= 4 is 61.1 Å². The van der Waals surface area contributed by atoms with E-state index in [-0.39, 0.29) is 0 Å². The number of methoxy groups -OCH3 is 1. The molecular formula is C22H13BrClN3O3S. The number of nitrogens with one attached hydrogen (secondary N) is 1. The van der Waals surface area contributed by atoms with E-state index < -0.39 is 5.63 Å². The fourth-order valence-electron chi connectivity index (χ4n) is 2.88. The van der Waals surface area contributed by atoms with Crippen LogP contribution in [-0.4, -0.2) is 12.1 Å². The first-order valence-electron chi connectivity index (χ1n) is 8.88. The molecule has 0 fully saturated rings. The summed E-state index contributed by atoms with van der Waals surface area (Å²) in [5.41, 5.74) is 1.68. The van der Waals surface area contributed by atoms with Crippen molar-refractivity contribution in [1.29, 1.82) is 5.26 Å². The van der Waals surface area contributed by atoms with Gasteiger partial charge in [0, 0.05) is 26.5 Å². The number of thiazole rings is 1. The molecule has 0 aliphatic heterocycles. The molecule has 31 heavy (non-hydrogen) atoms. The average Bonchev–Trinajstić information content (AvgIpc) is 3.24. The largest absolute Gasteiger partial charge is 0.495 e. The Bertz CT molecular complexity index is 1420. The number of hydrogen-bond donors (Lipinski definition) is 1. The van der Waals surface area contributed by atoms with Gasteiger partial charge in [0.15, 0.2) is 0 Å². The second-order valence-electron chi connectivity index (χ2n) is 6.33.